The summed E-state index contributed by atoms with van der Waals surface area (Å²) in [7, 11) is 1.49. The number of hydrogen-bond donors (Lipinski definition) is 2. The van der Waals surface area contributed by atoms with Crippen molar-refractivity contribution in [2.45, 2.75) is 43.9 Å². The van der Waals surface area contributed by atoms with E-state index in [1.165, 1.54) is 31.2 Å². The molecule has 1 heterocycles. The Morgan fingerprint density at radius 2 is 1.75 bits per heavy atom. The van der Waals surface area contributed by atoms with Crippen LogP contribution in [0.2, 0.25) is 0 Å². The van der Waals surface area contributed by atoms with Gasteiger partial charge in [0.15, 0.2) is 0 Å². The summed E-state index contributed by atoms with van der Waals surface area (Å²) >= 11 is 0. The molecule has 0 radical (unpaired) electrons. The van der Waals surface area contributed by atoms with E-state index in [0.717, 1.165) is 32.1 Å². The van der Waals surface area contributed by atoms with Crippen LogP contribution in [0, 0.1) is 23.1 Å². The zero-order valence-electron chi connectivity index (χ0n) is 19.9. The SMILES string of the molecule is COC(=O)C12CC3CC(C1)CC(c1ccc(NC(=O)c4nnc(Nc5ccccc5F)o4)cc1)(C3)C2. The second-order valence-corrected chi connectivity index (χ2v) is 10.6. The molecule has 2 unspecified atom stereocenters. The van der Waals surface area contributed by atoms with Crippen LogP contribution in [0.5, 0.6) is 0 Å². The van der Waals surface area contributed by atoms with Gasteiger partial charge in [-0.2, -0.15) is 0 Å². The average Bonchev–Trinajstić information content (AvgIpc) is 3.33. The summed E-state index contributed by atoms with van der Waals surface area (Å²) in [6.07, 6.45) is 6.08. The van der Waals surface area contributed by atoms with Gasteiger partial charge in [0.2, 0.25) is 0 Å². The molecule has 1 amide bonds. The number of halogens is 1. The van der Waals surface area contributed by atoms with Crippen LogP contribution in [0.25, 0.3) is 0 Å². The first kappa shape index (κ1) is 22.7. The standard InChI is InChI=1S/C27H27FN4O4/c1-35-24(34)27-13-16-10-17(14-27)12-26(11-16,15-27)18-6-8-19(9-7-18)29-22(33)23-31-32-25(36-23)30-21-5-3-2-4-20(21)28/h2-9,16-17H,10-15H2,1H3,(H,29,33)(H,30,32). The molecule has 0 saturated heterocycles. The third-order valence-electron chi connectivity index (χ3n) is 8.17. The summed E-state index contributed by atoms with van der Waals surface area (Å²) in [5.41, 5.74) is 1.58. The molecular formula is C27H27FN4O4. The molecule has 1 aromatic heterocycles. The highest BCUT2D eigenvalue weighted by molar-refractivity contribution is 6.00. The quantitative estimate of drug-likeness (QED) is 0.457. The van der Waals surface area contributed by atoms with E-state index in [2.05, 4.69) is 20.8 Å². The van der Waals surface area contributed by atoms with Crippen molar-refractivity contribution in [3.05, 3.63) is 65.8 Å². The average molecular weight is 491 g/mol. The van der Waals surface area contributed by atoms with Crippen molar-refractivity contribution in [3.8, 4) is 0 Å². The molecule has 2 N–H and O–H groups in total. The first-order valence-corrected chi connectivity index (χ1v) is 12.2. The molecule has 4 bridgehead atoms. The number of aromatic nitrogens is 2. The molecule has 36 heavy (non-hydrogen) atoms. The molecule has 186 valence electrons. The van der Waals surface area contributed by atoms with Crippen molar-refractivity contribution in [2.75, 3.05) is 17.7 Å². The molecule has 7 rings (SSSR count). The Morgan fingerprint density at radius 3 is 2.44 bits per heavy atom. The molecular weight excluding hydrogens is 463 g/mol. The molecule has 3 aromatic rings. The first-order chi connectivity index (χ1) is 17.4. The number of nitrogens with zero attached hydrogens (tertiary/aromatic N) is 2. The molecule has 4 aliphatic rings. The maximum atomic E-state index is 13.8. The Balaban J connectivity index is 1.16. The monoisotopic (exact) mass is 490 g/mol. The number of methoxy groups -OCH3 is 1. The number of carbonyl (C=O) groups excluding carboxylic acids is 2. The first-order valence-electron chi connectivity index (χ1n) is 12.2. The molecule has 2 aromatic carbocycles. The predicted octanol–water partition coefficient (Wildman–Crippen LogP) is 5.22. The number of nitrogens with one attached hydrogen (secondary N) is 2. The second-order valence-electron chi connectivity index (χ2n) is 10.6. The van der Waals surface area contributed by atoms with Gasteiger partial charge in [0, 0.05) is 5.69 Å². The van der Waals surface area contributed by atoms with Gasteiger partial charge in [-0.25, -0.2) is 4.39 Å². The van der Waals surface area contributed by atoms with E-state index >= 15 is 0 Å². The molecule has 9 heteroatoms. The van der Waals surface area contributed by atoms with Gasteiger partial charge < -0.3 is 19.8 Å². The second kappa shape index (κ2) is 8.43. The third-order valence-corrected chi connectivity index (χ3v) is 8.17. The van der Waals surface area contributed by atoms with Crippen molar-refractivity contribution in [2.24, 2.45) is 17.3 Å². The highest BCUT2D eigenvalue weighted by Crippen LogP contribution is 2.66. The smallest absolute Gasteiger partial charge is 0.320 e. The fraction of sp³-hybridized carbons (Fsp3) is 0.407. The number of rotatable bonds is 6. The zero-order valence-corrected chi connectivity index (χ0v) is 19.9. The number of esters is 1. The molecule has 0 spiro atoms. The number of anilines is 3. The largest absolute Gasteiger partial charge is 0.469 e. The van der Waals surface area contributed by atoms with Gasteiger partial charge in [-0.1, -0.05) is 29.4 Å². The molecule has 2 atom stereocenters. The molecule has 0 aliphatic heterocycles. The van der Waals surface area contributed by atoms with E-state index in [4.69, 9.17) is 9.15 Å². The van der Waals surface area contributed by atoms with Gasteiger partial charge in [-0.05, 0) is 85.6 Å². The van der Waals surface area contributed by atoms with Gasteiger partial charge in [0.25, 0.3) is 0 Å². The minimum atomic E-state index is -0.559. The summed E-state index contributed by atoms with van der Waals surface area (Å²) in [4.78, 5) is 25.4. The van der Waals surface area contributed by atoms with Crippen LogP contribution in [-0.2, 0) is 14.9 Å². The number of amides is 1. The van der Waals surface area contributed by atoms with E-state index in [1.807, 2.05) is 24.3 Å². The maximum Gasteiger partial charge on any atom is 0.320 e. The zero-order chi connectivity index (χ0) is 24.9. The Morgan fingerprint density at radius 1 is 1.03 bits per heavy atom. The Bertz CT molecular complexity index is 1310. The lowest BCUT2D eigenvalue weighted by molar-refractivity contribution is -0.171. The minimum absolute atomic E-state index is 0.0272. The summed E-state index contributed by atoms with van der Waals surface area (Å²) in [6, 6.07) is 13.8. The molecule has 4 saturated carbocycles. The number of benzene rings is 2. The molecule has 4 aliphatic carbocycles. The number of ether oxygens (including phenoxy) is 1. The van der Waals surface area contributed by atoms with Crippen LogP contribution >= 0.6 is 0 Å². The van der Waals surface area contributed by atoms with Gasteiger partial charge in [-0.15, -0.1) is 5.10 Å². The van der Waals surface area contributed by atoms with E-state index in [9.17, 15) is 14.0 Å². The van der Waals surface area contributed by atoms with E-state index < -0.39 is 11.7 Å². The van der Waals surface area contributed by atoms with Crippen molar-refractivity contribution < 1.29 is 23.1 Å². The fourth-order valence-corrected chi connectivity index (χ4v) is 7.19. The minimum Gasteiger partial charge on any atom is -0.469 e. The summed E-state index contributed by atoms with van der Waals surface area (Å²) < 4.78 is 24.4. The lowest BCUT2D eigenvalue weighted by atomic mass is 9.43. The van der Waals surface area contributed by atoms with Crippen LogP contribution in [0.15, 0.2) is 52.9 Å². The Labute approximate surface area is 207 Å². The normalized spacial score (nSPS) is 28.1. The number of carbonyl (C=O) groups is 2. The van der Waals surface area contributed by atoms with Crippen molar-refractivity contribution >= 4 is 29.3 Å². The fourth-order valence-electron chi connectivity index (χ4n) is 7.19. The topological polar surface area (TPSA) is 106 Å². The number of hydrogen-bond acceptors (Lipinski definition) is 7. The summed E-state index contributed by atoms with van der Waals surface area (Å²) in [6.45, 7) is 0. The summed E-state index contributed by atoms with van der Waals surface area (Å²) in [5, 5.41) is 13.0. The lowest BCUT2D eigenvalue weighted by Crippen LogP contribution is -2.57. The van der Waals surface area contributed by atoms with Gasteiger partial charge in [0.05, 0.1) is 18.2 Å². The van der Waals surface area contributed by atoms with Gasteiger partial charge in [-0.3, -0.25) is 9.59 Å². The van der Waals surface area contributed by atoms with E-state index in [-0.39, 0.29) is 34.4 Å². The van der Waals surface area contributed by atoms with Crippen LogP contribution in [0.3, 0.4) is 0 Å². The van der Waals surface area contributed by atoms with Gasteiger partial charge in [0.1, 0.15) is 5.82 Å². The molecule has 4 fully saturated rings. The van der Waals surface area contributed by atoms with Crippen LogP contribution in [0.4, 0.5) is 21.8 Å². The maximum absolute atomic E-state index is 13.8. The summed E-state index contributed by atoms with van der Waals surface area (Å²) in [5.74, 6) is -0.231. The lowest BCUT2D eigenvalue weighted by Gasteiger charge is -2.61. The highest BCUT2D eigenvalue weighted by atomic mass is 19.1. The highest BCUT2D eigenvalue weighted by Gasteiger charge is 2.61. The predicted molar refractivity (Wildman–Crippen MR) is 129 cm³/mol. The van der Waals surface area contributed by atoms with Crippen molar-refractivity contribution in [1.82, 2.24) is 10.2 Å². The van der Waals surface area contributed by atoms with Crippen LogP contribution in [0.1, 0.15) is 54.8 Å². The van der Waals surface area contributed by atoms with E-state index in [0.29, 0.717) is 17.5 Å². The number of para-hydroxylation sites is 1. The van der Waals surface area contributed by atoms with Gasteiger partial charge >= 0.3 is 23.8 Å². The van der Waals surface area contributed by atoms with Crippen LogP contribution < -0.4 is 10.6 Å². The van der Waals surface area contributed by atoms with E-state index in [1.54, 1.807) is 12.1 Å². The third kappa shape index (κ3) is 3.83. The molecule has 8 nitrogen and oxygen atoms in total. The van der Waals surface area contributed by atoms with Crippen molar-refractivity contribution in [1.29, 1.82) is 0 Å². The Kier molecular flexibility index (Phi) is 5.31. The van der Waals surface area contributed by atoms with Crippen LogP contribution in [-0.4, -0.2) is 29.2 Å². The Hall–Kier alpha value is -3.75. The van der Waals surface area contributed by atoms with Crippen molar-refractivity contribution in [3.63, 3.8) is 0 Å².